The third-order valence-electron chi connectivity index (χ3n) is 3.49. The Morgan fingerprint density at radius 3 is 2.74 bits per heavy atom. The van der Waals surface area contributed by atoms with Crippen molar-refractivity contribution in [2.45, 2.75) is 19.4 Å². The Labute approximate surface area is 123 Å². The van der Waals surface area contributed by atoms with Crippen LogP contribution in [0.1, 0.15) is 24.9 Å². The van der Waals surface area contributed by atoms with Gasteiger partial charge in [-0.2, -0.15) is 0 Å². The molecule has 1 aromatic rings. The van der Waals surface area contributed by atoms with Crippen molar-refractivity contribution in [3.63, 3.8) is 0 Å². The molecule has 0 spiro atoms. The van der Waals surface area contributed by atoms with Crippen LogP contribution >= 0.6 is 15.9 Å². The molecule has 0 radical (unpaired) electrons. The van der Waals surface area contributed by atoms with E-state index in [0.717, 1.165) is 37.1 Å². The molecule has 1 atom stereocenters. The predicted octanol–water partition coefficient (Wildman–Crippen LogP) is 3.07. The van der Waals surface area contributed by atoms with Crippen molar-refractivity contribution < 1.29 is 5.11 Å². The van der Waals surface area contributed by atoms with Gasteiger partial charge in [0.15, 0.2) is 0 Å². The van der Waals surface area contributed by atoms with Crippen molar-refractivity contribution >= 4 is 15.9 Å². The highest BCUT2D eigenvalue weighted by Crippen LogP contribution is 2.32. The van der Waals surface area contributed by atoms with Gasteiger partial charge in [0.05, 0.1) is 4.47 Å². The van der Waals surface area contributed by atoms with E-state index in [1.165, 1.54) is 11.1 Å². The molecule has 2 N–H and O–H groups in total. The lowest BCUT2D eigenvalue weighted by atomic mass is 9.98. The zero-order valence-electron chi connectivity index (χ0n) is 11.3. The normalized spacial score (nSPS) is 18.2. The Bertz CT molecular complexity index is 455. The van der Waals surface area contributed by atoms with Crippen LogP contribution in [0, 0.1) is 0 Å². The third kappa shape index (κ3) is 3.81. The van der Waals surface area contributed by atoms with Crippen LogP contribution in [0.4, 0.5) is 0 Å². The van der Waals surface area contributed by atoms with Crippen molar-refractivity contribution in [1.82, 2.24) is 10.2 Å². The Hall–Kier alpha value is -0.840. The lowest BCUT2D eigenvalue weighted by Crippen LogP contribution is -2.45. The lowest BCUT2D eigenvalue weighted by molar-refractivity contribution is 0.172. The summed E-state index contributed by atoms with van der Waals surface area (Å²) in [6.45, 7) is 10.3. The minimum Gasteiger partial charge on any atom is -0.507 e. The van der Waals surface area contributed by atoms with Gasteiger partial charge in [-0.15, -0.1) is 6.58 Å². The molecule has 104 valence electrons. The molecule has 1 aliphatic rings. The molecule has 0 bridgehead atoms. The second-order valence-electron chi connectivity index (χ2n) is 5.17. The average Bonchev–Trinajstić information content (AvgIpc) is 2.40. The van der Waals surface area contributed by atoms with Crippen molar-refractivity contribution in [3.05, 3.63) is 40.4 Å². The van der Waals surface area contributed by atoms with Crippen LogP contribution in [-0.2, 0) is 0 Å². The van der Waals surface area contributed by atoms with Crippen LogP contribution in [0.3, 0.4) is 0 Å². The second kappa shape index (κ2) is 6.55. The molecule has 4 heteroatoms. The minimum absolute atomic E-state index is 0.290. The zero-order chi connectivity index (χ0) is 13.8. The highest BCUT2D eigenvalue weighted by molar-refractivity contribution is 9.10. The van der Waals surface area contributed by atoms with Crippen LogP contribution in [0.15, 0.2) is 34.8 Å². The van der Waals surface area contributed by atoms with Crippen molar-refractivity contribution in [2.75, 3.05) is 26.2 Å². The lowest BCUT2D eigenvalue weighted by Gasteiger charge is -2.35. The van der Waals surface area contributed by atoms with E-state index in [-0.39, 0.29) is 5.75 Å². The van der Waals surface area contributed by atoms with Gasteiger partial charge in [0.1, 0.15) is 5.75 Å². The van der Waals surface area contributed by atoms with E-state index in [1.807, 2.05) is 12.1 Å². The smallest absolute Gasteiger partial charge is 0.129 e. The molecule has 0 unspecified atom stereocenters. The third-order valence-corrected chi connectivity index (χ3v) is 4.13. The first-order valence-electron chi connectivity index (χ1n) is 6.65. The number of aromatic hydroxyl groups is 1. The Balaban J connectivity index is 2.24. The largest absolute Gasteiger partial charge is 0.507 e. The van der Waals surface area contributed by atoms with Gasteiger partial charge in [-0.25, -0.2) is 0 Å². The molecule has 1 heterocycles. The van der Waals surface area contributed by atoms with Crippen molar-refractivity contribution in [1.29, 1.82) is 0 Å². The number of hydrogen-bond donors (Lipinski definition) is 2. The molecule has 0 amide bonds. The quantitative estimate of drug-likeness (QED) is 0.835. The van der Waals surface area contributed by atoms with E-state index in [2.05, 4.69) is 39.6 Å². The summed E-state index contributed by atoms with van der Waals surface area (Å²) in [7, 11) is 0. The van der Waals surface area contributed by atoms with E-state index in [1.54, 1.807) is 6.07 Å². The van der Waals surface area contributed by atoms with Crippen LogP contribution < -0.4 is 5.32 Å². The Kier molecular flexibility index (Phi) is 5.02. The topological polar surface area (TPSA) is 35.5 Å². The second-order valence-corrected chi connectivity index (χ2v) is 6.03. The molecule has 0 aliphatic carbocycles. The number of nitrogens with one attached hydrogen (secondary N) is 1. The summed E-state index contributed by atoms with van der Waals surface area (Å²) in [5.74, 6) is 0.290. The molecule has 2 rings (SSSR count). The first kappa shape index (κ1) is 14.6. The molecule has 1 fully saturated rings. The summed E-state index contributed by atoms with van der Waals surface area (Å²) in [6.07, 6.45) is 0.956. The van der Waals surface area contributed by atoms with Gasteiger partial charge in [0, 0.05) is 32.2 Å². The molecule has 0 saturated carbocycles. The number of halogens is 1. The van der Waals surface area contributed by atoms with E-state index in [9.17, 15) is 5.11 Å². The highest BCUT2D eigenvalue weighted by atomic mass is 79.9. The first-order chi connectivity index (χ1) is 9.08. The molecule has 0 aromatic heterocycles. The van der Waals surface area contributed by atoms with Gasteiger partial charge in [-0.1, -0.05) is 11.6 Å². The summed E-state index contributed by atoms with van der Waals surface area (Å²) in [5.41, 5.74) is 2.42. The monoisotopic (exact) mass is 324 g/mol. The summed E-state index contributed by atoms with van der Waals surface area (Å²) < 4.78 is 0.756. The van der Waals surface area contributed by atoms with Gasteiger partial charge in [0.2, 0.25) is 0 Å². The van der Waals surface area contributed by atoms with Gasteiger partial charge < -0.3 is 10.4 Å². The number of phenols is 1. The average molecular weight is 325 g/mol. The maximum absolute atomic E-state index is 9.63. The minimum atomic E-state index is 0.290. The number of hydrogen-bond acceptors (Lipinski definition) is 3. The summed E-state index contributed by atoms with van der Waals surface area (Å²) in [6, 6.07) is 6.13. The molecule has 3 nitrogen and oxygen atoms in total. The number of piperazine rings is 1. The first-order valence-corrected chi connectivity index (χ1v) is 7.45. The maximum atomic E-state index is 9.63. The molecule has 1 aromatic carbocycles. The molecule has 19 heavy (non-hydrogen) atoms. The Morgan fingerprint density at radius 2 is 2.16 bits per heavy atom. The van der Waals surface area contributed by atoms with E-state index in [0.29, 0.717) is 6.04 Å². The zero-order valence-corrected chi connectivity index (χ0v) is 12.9. The summed E-state index contributed by atoms with van der Waals surface area (Å²) >= 11 is 3.40. The van der Waals surface area contributed by atoms with Crippen LogP contribution in [0.2, 0.25) is 0 Å². The fraction of sp³-hybridized carbons (Fsp3) is 0.467. The van der Waals surface area contributed by atoms with E-state index < -0.39 is 0 Å². The van der Waals surface area contributed by atoms with Gasteiger partial charge in [0.25, 0.3) is 0 Å². The number of benzene rings is 1. The van der Waals surface area contributed by atoms with Gasteiger partial charge in [-0.05, 0) is 47.0 Å². The fourth-order valence-corrected chi connectivity index (χ4v) is 2.91. The van der Waals surface area contributed by atoms with Crippen molar-refractivity contribution in [3.8, 4) is 5.75 Å². The molecule has 1 aliphatic heterocycles. The Morgan fingerprint density at radius 1 is 1.47 bits per heavy atom. The van der Waals surface area contributed by atoms with E-state index in [4.69, 9.17) is 0 Å². The van der Waals surface area contributed by atoms with Crippen LogP contribution in [0.5, 0.6) is 5.75 Å². The molecular formula is C15H21BrN2O. The standard InChI is InChI=1S/C15H21BrN2O/c1-11(2)9-14(18-7-5-17-6-8-18)12-3-4-15(19)13(16)10-12/h3-4,10,14,17,19H,1,5-9H2,2H3/t14-/m1/s1. The number of phenolic OH excluding ortho intramolecular Hbond substituents is 1. The van der Waals surface area contributed by atoms with Gasteiger partial charge >= 0.3 is 0 Å². The summed E-state index contributed by atoms with van der Waals surface area (Å²) in [5, 5.41) is 13.0. The maximum Gasteiger partial charge on any atom is 0.129 e. The number of rotatable bonds is 4. The highest BCUT2D eigenvalue weighted by Gasteiger charge is 2.22. The summed E-state index contributed by atoms with van der Waals surface area (Å²) in [4.78, 5) is 2.49. The number of nitrogens with zero attached hydrogens (tertiary/aromatic N) is 1. The van der Waals surface area contributed by atoms with Crippen LogP contribution in [-0.4, -0.2) is 36.2 Å². The SMILES string of the molecule is C=C(C)C[C@H](c1ccc(O)c(Br)c1)N1CCNCC1. The van der Waals surface area contributed by atoms with Crippen LogP contribution in [0.25, 0.3) is 0 Å². The molecular weight excluding hydrogens is 304 g/mol. The van der Waals surface area contributed by atoms with E-state index >= 15 is 0 Å². The van der Waals surface area contributed by atoms with Gasteiger partial charge in [-0.3, -0.25) is 4.90 Å². The molecule has 1 saturated heterocycles. The fourth-order valence-electron chi connectivity index (χ4n) is 2.51. The predicted molar refractivity (Wildman–Crippen MR) is 82.4 cm³/mol. The van der Waals surface area contributed by atoms with Crippen molar-refractivity contribution in [2.24, 2.45) is 0 Å².